The van der Waals surface area contributed by atoms with Gasteiger partial charge in [-0.05, 0) is 44.0 Å². The minimum atomic E-state index is -0.595. The molecule has 0 fully saturated rings. The summed E-state index contributed by atoms with van der Waals surface area (Å²) in [6.07, 6.45) is 5.23. The first kappa shape index (κ1) is 18.0. The molecule has 1 aromatic carbocycles. The van der Waals surface area contributed by atoms with Crippen LogP contribution in [0.15, 0.2) is 42.7 Å². The molecule has 1 aromatic heterocycles. The highest BCUT2D eigenvalue weighted by atomic mass is 16.3. The molecule has 2 aromatic rings. The molecule has 0 radical (unpaired) electrons. The Hall–Kier alpha value is -2.34. The van der Waals surface area contributed by atoms with E-state index >= 15 is 0 Å². The lowest BCUT2D eigenvalue weighted by atomic mass is 9.97. The van der Waals surface area contributed by atoms with Gasteiger partial charge in [0.05, 0.1) is 23.9 Å². The third-order valence-corrected chi connectivity index (χ3v) is 4.08. The van der Waals surface area contributed by atoms with Gasteiger partial charge in [0.1, 0.15) is 0 Å². The Bertz CT molecular complexity index is 640. The smallest absolute Gasteiger partial charge is 0.315 e. The van der Waals surface area contributed by atoms with Gasteiger partial charge in [0.2, 0.25) is 0 Å². The molecule has 2 atom stereocenters. The number of hydrogen-bond donors (Lipinski definition) is 3. The summed E-state index contributed by atoms with van der Waals surface area (Å²) in [5.74, 6) is 0. The molecule has 2 unspecified atom stereocenters. The zero-order valence-corrected chi connectivity index (χ0v) is 14.5. The van der Waals surface area contributed by atoms with E-state index in [1.165, 1.54) is 0 Å². The maximum Gasteiger partial charge on any atom is 0.315 e. The van der Waals surface area contributed by atoms with Gasteiger partial charge in [-0.3, -0.25) is 0 Å². The predicted molar refractivity (Wildman–Crippen MR) is 94.0 cm³/mol. The fourth-order valence-electron chi connectivity index (χ4n) is 2.66. The number of benzene rings is 1. The van der Waals surface area contributed by atoms with E-state index in [2.05, 4.69) is 15.7 Å². The largest absolute Gasteiger partial charge is 0.394 e. The van der Waals surface area contributed by atoms with Gasteiger partial charge in [-0.1, -0.05) is 25.5 Å². The van der Waals surface area contributed by atoms with Crippen molar-refractivity contribution in [2.24, 2.45) is 0 Å². The Morgan fingerprint density at radius 2 is 2.08 bits per heavy atom. The van der Waals surface area contributed by atoms with Gasteiger partial charge < -0.3 is 15.7 Å². The fraction of sp³-hybridized carbons (Fsp3) is 0.444. The van der Waals surface area contributed by atoms with Crippen LogP contribution in [-0.4, -0.2) is 33.1 Å². The van der Waals surface area contributed by atoms with Crippen LogP contribution in [0.25, 0.3) is 5.69 Å². The lowest BCUT2D eigenvalue weighted by Crippen LogP contribution is -2.52. The summed E-state index contributed by atoms with van der Waals surface area (Å²) >= 11 is 0. The van der Waals surface area contributed by atoms with E-state index < -0.39 is 5.54 Å². The molecule has 0 aliphatic carbocycles. The van der Waals surface area contributed by atoms with Crippen LogP contribution >= 0.6 is 0 Å². The van der Waals surface area contributed by atoms with Gasteiger partial charge in [-0.25, -0.2) is 9.48 Å². The number of urea groups is 1. The van der Waals surface area contributed by atoms with Crippen molar-refractivity contribution in [2.75, 3.05) is 6.61 Å². The van der Waals surface area contributed by atoms with Crippen molar-refractivity contribution in [3.63, 3.8) is 0 Å². The maximum atomic E-state index is 12.2. The molecule has 2 amide bonds. The van der Waals surface area contributed by atoms with Crippen LogP contribution in [0.3, 0.4) is 0 Å². The minimum absolute atomic E-state index is 0.0821. The van der Waals surface area contributed by atoms with Crippen LogP contribution < -0.4 is 10.6 Å². The topological polar surface area (TPSA) is 79.2 Å². The molecule has 0 spiro atoms. The van der Waals surface area contributed by atoms with Crippen molar-refractivity contribution in [3.05, 3.63) is 48.3 Å². The average Bonchev–Trinajstić information content (AvgIpc) is 3.09. The summed E-state index contributed by atoms with van der Waals surface area (Å²) in [7, 11) is 0. The molecule has 0 bridgehead atoms. The van der Waals surface area contributed by atoms with E-state index in [0.29, 0.717) is 0 Å². The molecule has 0 saturated heterocycles. The van der Waals surface area contributed by atoms with Gasteiger partial charge in [0, 0.05) is 12.4 Å². The second-order valence-corrected chi connectivity index (χ2v) is 6.33. The molecule has 0 aliphatic heterocycles. The first-order valence-corrected chi connectivity index (χ1v) is 8.27. The number of nitrogens with one attached hydrogen (secondary N) is 2. The van der Waals surface area contributed by atoms with Crippen LogP contribution in [0.5, 0.6) is 0 Å². The Labute approximate surface area is 142 Å². The average molecular weight is 330 g/mol. The van der Waals surface area contributed by atoms with E-state index in [1.807, 2.05) is 57.3 Å². The molecular weight excluding hydrogens is 304 g/mol. The zero-order chi connectivity index (χ0) is 17.6. The summed E-state index contributed by atoms with van der Waals surface area (Å²) in [4.78, 5) is 12.2. The Kier molecular flexibility index (Phi) is 5.98. The summed E-state index contributed by atoms with van der Waals surface area (Å²) in [5.41, 5.74) is 1.38. The lowest BCUT2D eigenvalue weighted by Gasteiger charge is -2.29. The van der Waals surface area contributed by atoms with E-state index in [4.69, 9.17) is 0 Å². The predicted octanol–water partition coefficient (Wildman–Crippen LogP) is 2.78. The molecule has 130 valence electrons. The molecule has 24 heavy (non-hydrogen) atoms. The number of aromatic nitrogens is 2. The Morgan fingerprint density at radius 1 is 1.38 bits per heavy atom. The van der Waals surface area contributed by atoms with Crippen molar-refractivity contribution in [1.82, 2.24) is 20.4 Å². The molecule has 6 heteroatoms. The quantitative estimate of drug-likeness (QED) is 0.730. The summed E-state index contributed by atoms with van der Waals surface area (Å²) in [6.45, 7) is 5.72. The van der Waals surface area contributed by atoms with Crippen LogP contribution in [0.4, 0.5) is 4.79 Å². The number of hydrogen-bond acceptors (Lipinski definition) is 3. The molecule has 0 saturated carbocycles. The van der Waals surface area contributed by atoms with Crippen molar-refractivity contribution in [2.45, 2.75) is 45.2 Å². The summed E-state index contributed by atoms with van der Waals surface area (Å²) in [6, 6.07) is 9.33. The van der Waals surface area contributed by atoms with Gasteiger partial charge in [0.15, 0.2) is 0 Å². The molecule has 6 nitrogen and oxygen atoms in total. The number of carbonyl (C=O) groups excluding carboxylic acids is 1. The normalized spacial score (nSPS) is 14.7. The molecule has 0 aliphatic rings. The number of aliphatic hydroxyl groups is 1. The van der Waals surface area contributed by atoms with E-state index in [9.17, 15) is 9.90 Å². The number of aliphatic hydroxyl groups excluding tert-OH is 1. The lowest BCUT2D eigenvalue weighted by molar-refractivity contribution is 0.162. The van der Waals surface area contributed by atoms with Crippen molar-refractivity contribution < 1.29 is 9.90 Å². The second-order valence-electron chi connectivity index (χ2n) is 6.33. The molecule has 3 N–H and O–H groups in total. The molecular formula is C18H26N4O2. The molecule has 2 rings (SSSR count). The fourth-order valence-corrected chi connectivity index (χ4v) is 2.66. The van der Waals surface area contributed by atoms with Crippen molar-refractivity contribution in [1.29, 1.82) is 0 Å². The number of carbonyl (C=O) groups is 1. The van der Waals surface area contributed by atoms with E-state index in [-0.39, 0.29) is 18.7 Å². The monoisotopic (exact) mass is 330 g/mol. The third kappa shape index (κ3) is 4.58. The number of nitrogens with zero attached hydrogens (tertiary/aromatic N) is 2. The van der Waals surface area contributed by atoms with Crippen molar-refractivity contribution >= 4 is 6.03 Å². The number of rotatable bonds is 7. The first-order valence-electron chi connectivity index (χ1n) is 8.27. The SMILES string of the molecule is CCCC(C)(CO)NC(=O)NC(C)c1ccc(-n2cccn2)cc1. The maximum absolute atomic E-state index is 12.2. The zero-order valence-electron chi connectivity index (χ0n) is 14.5. The van der Waals surface area contributed by atoms with E-state index in [0.717, 1.165) is 24.1 Å². The van der Waals surface area contributed by atoms with Gasteiger partial charge >= 0.3 is 6.03 Å². The van der Waals surface area contributed by atoms with Gasteiger partial charge in [-0.15, -0.1) is 0 Å². The van der Waals surface area contributed by atoms with Crippen LogP contribution in [0.1, 0.15) is 45.2 Å². The molecule has 1 heterocycles. The highest BCUT2D eigenvalue weighted by molar-refractivity contribution is 5.75. The standard InChI is InChI=1S/C18H26N4O2/c1-4-10-18(3,13-23)21-17(24)20-14(2)15-6-8-16(9-7-15)22-12-5-11-19-22/h5-9,11-12,14,23H,4,10,13H2,1-3H3,(H2,20,21,24). The highest BCUT2D eigenvalue weighted by Gasteiger charge is 2.25. The Balaban J connectivity index is 1.96. The van der Waals surface area contributed by atoms with Crippen LogP contribution in [0, 0.1) is 0 Å². The van der Waals surface area contributed by atoms with Gasteiger partial charge in [-0.2, -0.15) is 5.10 Å². The Morgan fingerprint density at radius 3 is 2.62 bits per heavy atom. The number of amides is 2. The van der Waals surface area contributed by atoms with Gasteiger partial charge in [0.25, 0.3) is 0 Å². The summed E-state index contributed by atoms with van der Waals surface area (Å²) < 4.78 is 1.78. The van der Waals surface area contributed by atoms with Crippen LogP contribution in [0.2, 0.25) is 0 Å². The first-order chi connectivity index (χ1) is 11.5. The minimum Gasteiger partial charge on any atom is -0.394 e. The van der Waals surface area contributed by atoms with E-state index in [1.54, 1.807) is 10.9 Å². The van der Waals surface area contributed by atoms with Crippen molar-refractivity contribution in [3.8, 4) is 5.69 Å². The highest BCUT2D eigenvalue weighted by Crippen LogP contribution is 2.16. The third-order valence-electron chi connectivity index (χ3n) is 4.08. The van der Waals surface area contributed by atoms with Crippen LogP contribution in [-0.2, 0) is 0 Å². The summed E-state index contributed by atoms with van der Waals surface area (Å²) in [5, 5.41) is 19.5. The second kappa shape index (κ2) is 7.97.